The number of phenolic OH excluding ortho intramolecular Hbond substituents is 1. The van der Waals surface area contributed by atoms with Gasteiger partial charge in [0.25, 0.3) is 11.7 Å². The van der Waals surface area contributed by atoms with Gasteiger partial charge in [-0.2, -0.15) is 0 Å². The Bertz CT molecular complexity index is 981. The number of likely N-dealkylation sites (tertiary alicyclic amines) is 1. The molecule has 8 heteroatoms. The molecule has 1 atom stereocenters. The monoisotopic (exact) mass is 413 g/mol. The minimum absolute atomic E-state index is 0.0472. The van der Waals surface area contributed by atoms with E-state index < -0.39 is 17.7 Å². The Kier molecular flexibility index (Phi) is 6.27. The molecule has 1 heterocycles. The van der Waals surface area contributed by atoms with Gasteiger partial charge in [0.1, 0.15) is 11.5 Å². The molecule has 1 fully saturated rings. The summed E-state index contributed by atoms with van der Waals surface area (Å²) in [5.74, 6) is -1.13. The third kappa shape index (κ3) is 3.81. The maximum absolute atomic E-state index is 12.9. The molecule has 3 rings (SSSR count). The summed E-state index contributed by atoms with van der Waals surface area (Å²) in [6.07, 6.45) is 0. The zero-order chi connectivity index (χ0) is 21.8. The van der Waals surface area contributed by atoms with Crippen LogP contribution in [0.4, 0.5) is 0 Å². The molecule has 1 unspecified atom stereocenters. The first kappa shape index (κ1) is 21.2. The van der Waals surface area contributed by atoms with E-state index in [0.29, 0.717) is 16.9 Å². The number of ketones is 1. The highest BCUT2D eigenvalue weighted by molar-refractivity contribution is 6.46. The first-order chi connectivity index (χ1) is 14.4. The third-order valence-corrected chi connectivity index (χ3v) is 4.96. The van der Waals surface area contributed by atoms with Crippen molar-refractivity contribution in [2.24, 2.45) is 0 Å². The second kappa shape index (κ2) is 8.87. The smallest absolute Gasteiger partial charge is 0.295 e. The molecule has 0 aromatic heterocycles. The van der Waals surface area contributed by atoms with Crippen LogP contribution in [0.1, 0.15) is 17.2 Å². The van der Waals surface area contributed by atoms with E-state index in [4.69, 9.17) is 14.2 Å². The van der Waals surface area contributed by atoms with Crippen LogP contribution in [-0.4, -0.2) is 61.3 Å². The van der Waals surface area contributed by atoms with E-state index in [1.54, 1.807) is 30.3 Å². The van der Waals surface area contributed by atoms with E-state index in [0.717, 1.165) is 0 Å². The predicted octanol–water partition coefficient (Wildman–Crippen LogP) is 2.48. The van der Waals surface area contributed by atoms with E-state index in [1.165, 1.54) is 38.4 Å². The van der Waals surface area contributed by atoms with E-state index >= 15 is 0 Å². The first-order valence-electron chi connectivity index (χ1n) is 9.21. The Hall–Kier alpha value is -3.52. The first-order valence-corrected chi connectivity index (χ1v) is 9.21. The summed E-state index contributed by atoms with van der Waals surface area (Å²) < 4.78 is 15.4. The van der Waals surface area contributed by atoms with Crippen molar-refractivity contribution in [3.63, 3.8) is 0 Å². The topological polar surface area (TPSA) is 106 Å². The highest BCUT2D eigenvalue weighted by Gasteiger charge is 2.46. The molecule has 1 aliphatic rings. The Morgan fingerprint density at radius 1 is 1.03 bits per heavy atom. The second-order valence-electron chi connectivity index (χ2n) is 6.65. The van der Waals surface area contributed by atoms with Crippen molar-refractivity contribution in [2.75, 3.05) is 34.5 Å². The average molecular weight is 413 g/mol. The zero-order valence-electron chi connectivity index (χ0n) is 16.9. The van der Waals surface area contributed by atoms with Crippen molar-refractivity contribution in [1.29, 1.82) is 0 Å². The van der Waals surface area contributed by atoms with Crippen LogP contribution in [0, 0.1) is 0 Å². The Labute approximate surface area is 173 Å². The number of phenols is 1. The molecule has 0 radical (unpaired) electrons. The van der Waals surface area contributed by atoms with E-state index in [-0.39, 0.29) is 36.0 Å². The number of nitrogens with zero attached hydrogens (tertiary/aromatic N) is 1. The lowest BCUT2D eigenvalue weighted by Gasteiger charge is -2.25. The molecule has 0 spiro atoms. The number of aliphatic hydroxyl groups is 1. The quantitative estimate of drug-likeness (QED) is 0.408. The van der Waals surface area contributed by atoms with E-state index in [9.17, 15) is 19.8 Å². The van der Waals surface area contributed by atoms with Crippen LogP contribution in [0.3, 0.4) is 0 Å². The number of methoxy groups -OCH3 is 3. The normalized spacial score (nSPS) is 18.0. The molecule has 8 nitrogen and oxygen atoms in total. The maximum atomic E-state index is 12.9. The lowest BCUT2D eigenvalue weighted by molar-refractivity contribution is -0.140. The molecule has 158 valence electrons. The molecule has 0 aliphatic carbocycles. The highest BCUT2D eigenvalue weighted by atomic mass is 16.5. The van der Waals surface area contributed by atoms with Crippen LogP contribution < -0.4 is 9.47 Å². The number of aromatic hydroxyl groups is 1. The molecule has 1 amide bonds. The number of Topliss-reactive ketones (excluding diaryl/α,β-unsaturated/α-hetero) is 1. The summed E-state index contributed by atoms with van der Waals surface area (Å²) >= 11 is 0. The molecule has 1 aliphatic heterocycles. The Morgan fingerprint density at radius 2 is 1.73 bits per heavy atom. The predicted molar refractivity (Wildman–Crippen MR) is 109 cm³/mol. The van der Waals surface area contributed by atoms with Crippen LogP contribution in [0.5, 0.6) is 17.2 Å². The highest BCUT2D eigenvalue weighted by Crippen LogP contribution is 2.41. The number of hydrogen-bond donors (Lipinski definition) is 2. The summed E-state index contributed by atoms with van der Waals surface area (Å²) in [4.78, 5) is 26.9. The minimum Gasteiger partial charge on any atom is -0.507 e. The largest absolute Gasteiger partial charge is 0.507 e. The number of carbonyl (C=O) groups is 2. The fourth-order valence-corrected chi connectivity index (χ4v) is 3.42. The summed E-state index contributed by atoms with van der Waals surface area (Å²) in [7, 11) is 4.42. The third-order valence-electron chi connectivity index (χ3n) is 4.96. The number of rotatable bonds is 7. The maximum Gasteiger partial charge on any atom is 0.295 e. The van der Waals surface area contributed by atoms with Crippen LogP contribution in [0.25, 0.3) is 5.76 Å². The van der Waals surface area contributed by atoms with Gasteiger partial charge in [-0.3, -0.25) is 9.59 Å². The molecule has 2 aromatic carbocycles. The van der Waals surface area contributed by atoms with Crippen molar-refractivity contribution in [3.05, 3.63) is 59.2 Å². The van der Waals surface area contributed by atoms with Crippen LogP contribution in [-0.2, 0) is 14.3 Å². The van der Waals surface area contributed by atoms with Gasteiger partial charge in [-0.1, -0.05) is 6.07 Å². The van der Waals surface area contributed by atoms with Gasteiger partial charge in [-0.05, 0) is 42.0 Å². The fourth-order valence-electron chi connectivity index (χ4n) is 3.42. The van der Waals surface area contributed by atoms with Crippen LogP contribution in [0.15, 0.2) is 48.0 Å². The van der Waals surface area contributed by atoms with Crippen molar-refractivity contribution < 1.29 is 34.0 Å². The number of amides is 1. The zero-order valence-corrected chi connectivity index (χ0v) is 16.9. The van der Waals surface area contributed by atoms with Crippen molar-refractivity contribution in [1.82, 2.24) is 4.90 Å². The second-order valence-corrected chi connectivity index (χ2v) is 6.65. The summed E-state index contributed by atoms with van der Waals surface area (Å²) in [5, 5.41) is 20.9. The number of hydrogen-bond acceptors (Lipinski definition) is 7. The standard InChI is InChI=1S/C22H23NO7/c1-28-11-10-23-19(14-6-9-16(24)17(12-14)30-3)18(21(26)22(23)27)20(25)13-4-7-15(29-2)8-5-13/h4-9,12,19,24-25H,10-11H2,1-3H3. The van der Waals surface area contributed by atoms with Crippen molar-refractivity contribution in [2.45, 2.75) is 6.04 Å². The summed E-state index contributed by atoms with van der Waals surface area (Å²) in [6.45, 7) is 0.357. The molecule has 0 bridgehead atoms. The number of aliphatic hydroxyl groups excluding tert-OH is 1. The van der Waals surface area contributed by atoms with E-state index in [2.05, 4.69) is 0 Å². The Balaban J connectivity index is 2.16. The van der Waals surface area contributed by atoms with Gasteiger partial charge in [-0.15, -0.1) is 0 Å². The van der Waals surface area contributed by atoms with Crippen molar-refractivity contribution in [3.8, 4) is 17.2 Å². The van der Waals surface area contributed by atoms with E-state index in [1.807, 2.05) is 0 Å². The van der Waals surface area contributed by atoms with Gasteiger partial charge >= 0.3 is 0 Å². The number of ether oxygens (including phenoxy) is 3. The van der Waals surface area contributed by atoms with Gasteiger partial charge in [0.05, 0.1) is 32.4 Å². The minimum atomic E-state index is -0.864. The molecule has 0 saturated carbocycles. The van der Waals surface area contributed by atoms with Gasteiger partial charge in [0.15, 0.2) is 11.5 Å². The number of benzene rings is 2. The van der Waals surface area contributed by atoms with Crippen LogP contribution in [0.2, 0.25) is 0 Å². The summed E-state index contributed by atoms with van der Waals surface area (Å²) in [5.41, 5.74) is 0.834. The lowest BCUT2D eigenvalue weighted by Crippen LogP contribution is -2.32. The SMILES string of the molecule is COCCN1C(=O)C(=O)C(=C(O)c2ccc(OC)cc2)C1c1ccc(O)c(OC)c1. The number of carbonyl (C=O) groups excluding carboxylic acids is 2. The van der Waals surface area contributed by atoms with Gasteiger partial charge in [0, 0.05) is 19.2 Å². The van der Waals surface area contributed by atoms with Crippen molar-refractivity contribution >= 4 is 17.4 Å². The van der Waals surface area contributed by atoms with Crippen LogP contribution >= 0.6 is 0 Å². The van der Waals surface area contributed by atoms with Gasteiger partial charge in [0.2, 0.25) is 0 Å². The fraction of sp³-hybridized carbons (Fsp3) is 0.273. The molecule has 1 saturated heterocycles. The molecular weight excluding hydrogens is 390 g/mol. The lowest BCUT2D eigenvalue weighted by atomic mass is 9.95. The molecule has 2 N–H and O–H groups in total. The average Bonchev–Trinajstić information content (AvgIpc) is 3.02. The summed E-state index contributed by atoms with van der Waals surface area (Å²) in [6, 6.07) is 10.2. The molecular formula is C22H23NO7. The van der Waals surface area contributed by atoms with Gasteiger partial charge in [-0.25, -0.2) is 0 Å². The molecule has 30 heavy (non-hydrogen) atoms. The van der Waals surface area contributed by atoms with Gasteiger partial charge < -0.3 is 29.3 Å². The molecule has 2 aromatic rings. The Morgan fingerprint density at radius 3 is 2.33 bits per heavy atom.